The number of nitrogens with zero attached hydrogens (tertiary/aromatic N) is 5. The maximum absolute atomic E-state index is 10.9. The Morgan fingerprint density at radius 1 is 1.14 bits per heavy atom. The number of aromatic nitrogens is 2. The molecule has 0 bridgehead atoms. The van der Waals surface area contributed by atoms with Gasteiger partial charge in [-0.2, -0.15) is 4.37 Å². The summed E-state index contributed by atoms with van der Waals surface area (Å²) in [6.45, 7) is 6.78. The molecule has 1 unspecified atom stereocenters. The first-order valence-electron chi connectivity index (χ1n) is 9.64. The van der Waals surface area contributed by atoms with Gasteiger partial charge in [-0.15, -0.1) is 0 Å². The average molecular weight is 410 g/mol. The molecular weight excluding hydrogens is 386 g/mol. The molecule has 3 aromatic rings. The first kappa shape index (κ1) is 19.3. The Kier molecular flexibility index (Phi) is 5.44. The van der Waals surface area contributed by atoms with E-state index in [0.717, 1.165) is 42.7 Å². The summed E-state index contributed by atoms with van der Waals surface area (Å²) in [5.74, 6) is 0.860. The third-order valence-corrected chi connectivity index (χ3v) is 6.05. The molecule has 150 valence electrons. The lowest BCUT2D eigenvalue weighted by atomic mass is 10.1. The van der Waals surface area contributed by atoms with E-state index in [9.17, 15) is 10.1 Å². The highest BCUT2D eigenvalue weighted by atomic mass is 32.1. The number of piperazine rings is 1. The summed E-state index contributed by atoms with van der Waals surface area (Å²) >= 11 is 1.45. The Hall–Kier alpha value is -3.00. The monoisotopic (exact) mass is 409 g/mol. The first-order chi connectivity index (χ1) is 14.0. The van der Waals surface area contributed by atoms with Gasteiger partial charge in [0.15, 0.2) is 0 Å². The standard InChI is InChI=1S/C21H23N5O2S/c1-15-3-5-17(6-4-15)13-20-22-21(29-23-20)24-11-12-25(16(2)14-24)18-7-9-19(10-8-18)26(27)28/h3-10,16H,11-14H2,1-2H3. The zero-order valence-electron chi connectivity index (χ0n) is 16.5. The Bertz CT molecular complexity index is 987. The molecule has 1 saturated heterocycles. The zero-order valence-corrected chi connectivity index (χ0v) is 17.3. The van der Waals surface area contributed by atoms with Crippen molar-refractivity contribution in [2.24, 2.45) is 0 Å². The molecule has 1 aromatic heterocycles. The Labute approximate surface area is 173 Å². The highest BCUT2D eigenvalue weighted by molar-refractivity contribution is 7.09. The Morgan fingerprint density at radius 3 is 2.52 bits per heavy atom. The third-order valence-electron chi connectivity index (χ3n) is 5.23. The van der Waals surface area contributed by atoms with Crippen molar-refractivity contribution in [2.45, 2.75) is 26.3 Å². The van der Waals surface area contributed by atoms with Gasteiger partial charge in [0.2, 0.25) is 5.13 Å². The number of rotatable bonds is 5. The minimum atomic E-state index is -0.366. The van der Waals surface area contributed by atoms with Gasteiger partial charge in [0.25, 0.3) is 5.69 Å². The normalized spacial score (nSPS) is 16.8. The summed E-state index contributed by atoms with van der Waals surface area (Å²) in [6.07, 6.45) is 0.745. The largest absolute Gasteiger partial charge is 0.365 e. The molecule has 0 radical (unpaired) electrons. The van der Waals surface area contributed by atoms with Crippen molar-refractivity contribution >= 4 is 28.0 Å². The van der Waals surface area contributed by atoms with Crippen LogP contribution in [0.25, 0.3) is 0 Å². The molecule has 1 atom stereocenters. The van der Waals surface area contributed by atoms with Gasteiger partial charge in [-0.05, 0) is 31.5 Å². The molecule has 0 aliphatic carbocycles. The number of benzene rings is 2. The summed E-state index contributed by atoms with van der Waals surface area (Å²) in [4.78, 5) is 19.8. The average Bonchev–Trinajstić information content (AvgIpc) is 3.18. The molecule has 0 spiro atoms. The number of non-ortho nitro benzene ring substituents is 1. The molecule has 1 aliphatic heterocycles. The molecule has 1 aliphatic rings. The van der Waals surface area contributed by atoms with Crippen molar-refractivity contribution in [2.75, 3.05) is 29.4 Å². The molecule has 2 heterocycles. The van der Waals surface area contributed by atoms with Crippen LogP contribution in [0.3, 0.4) is 0 Å². The van der Waals surface area contributed by atoms with Crippen LogP contribution < -0.4 is 9.80 Å². The molecule has 29 heavy (non-hydrogen) atoms. The van der Waals surface area contributed by atoms with E-state index in [1.54, 1.807) is 12.1 Å². The predicted molar refractivity (Wildman–Crippen MR) is 116 cm³/mol. The minimum Gasteiger partial charge on any atom is -0.365 e. The molecule has 8 heteroatoms. The first-order valence-corrected chi connectivity index (χ1v) is 10.4. The smallest absolute Gasteiger partial charge is 0.269 e. The van der Waals surface area contributed by atoms with Crippen molar-refractivity contribution in [3.63, 3.8) is 0 Å². The van der Waals surface area contributed by atoms with Crippen LogP contribution in [-0.4, -0.2) is 40.0 Å². The van der Waals surface area contributed by atoms with Crippen molar-refractivity contribution in [3.05, 3.63) is 75.6 Å². The highest BCUT2D eigenvalue weighted by Gasteiger charge is 2.26. The second-order valence-corrected chi connectivity index (χ2v) is 8.15. The molecule has 0 saturated carbocycles. The second-order valence-electron chi connectivity index (χ2n) is 7.42. The van der Waals surface area contributed by atoms with Gasteiger partial charge in [0.1, 0.15) is 5.82 Å². The lowest BCUT2D eigenvalue weighted by molar-refractivity contribution is -0.384. The number of anilines is 2. The van der Waals surface area contributed by atoms with E-state index in [2.05, 4.69) is 52.3 Å². The molecule has 2 aromatic carbocycles. The summed E-state index contributed by atoms with van der Waals surface area (Å²) in [6, 6.07) is 15.5. The Morgan fingerprint density at radius 2 is 1.86 bits per heavy atom. The van der Waals surface area contributed by atoms with E-state index in [0.29, 0.717) is 0 Å². The van der Waals surface area contributed by atoms with Crippen LogP contribution >= 0.6 is 11.5 Å². The zero-order chi connectivity index (χ0) is 20.4. The van der Waals surface area contributed by atoms with Crippen molar-refractivity contribution in [1.29, 1.82) is 0 Å². The van der Waals surface area contributed by atoms with Crippen LogP contribution in [0.15, 0.2) is 48.5 Å². The molecule has 4 rings (SSSR count). The van der Waals surface area contributed by atoms with Crippen LogP contribution in [-0.2, 0) is 6.42 Å². The fourth-order valence-electron chi connectivity index (χ4n) is 3.61. The lowest BCUT2D eigenvalue weighted by Crippen LogP contribution is -2.52. The topological polar surface area (TPSA) is 75.4 Å². The fourth-order valence-corrected chi connectivity index (χ4v) is 4.33. The van der Waals surface area contributed by atoms with Crippen molar-refractivity contribution in [3.8, 4) is 0 Å². The summed E-state index contributed by atoms with van der Waals surface area (Å²) in [5, 5.41) is 11.8. The molecular formula is C21H23N5O2S. The number of aryl methyl sites for hydroxylation is 1. The Balaban J connectivity index is 1.40. The number of hydrogen-bond acceptors (Lipinski definition) is 7. The van der Waals surface area contributed by atoms with Crippen LogP contribution in [0.5, 0.6) is 0 Å². The van der Waals surface area contributed by atoms with E-state index in [1.165, 1.54) is 22.7 Å². The molecule has 0 N–H and O–H groups in total. The summed E-state index contributed by atoms with van der Waals surface area (Å²) in [5.41, 5.74) is 3.60. The highest BCUT2D eigenvalue weighted by Crippen LogP contribution is 2.27. The summed E-state index contributed by atoms with van der Waals surface area (Å²) in [7, 11) is 0. The van der Waals surface area contributed by atoms with E-state index < -0.39 is 0 Å². The fraction of sp³-hybridized carbons (Fsp3) is 0.333. The van der Waals surface area contributed by atoms with Gasteiger partial charge >= 0.3 is 0 Å². The van der Waals surface area contributed by atoms with Crippen molar-refractivity contribution < 1.29 is 4.92 Å². The van der Waals surface area contributed by atoms with Gasteiger partial charge in [0.05, 0.1) is 4.92 Å². The second kappa shape index (κ2) is 8.16. The lowest BCUT2D eigenvalue weighted by Gasteiger charge is -2.41. The van der Waals surface area contributed by atoms with Gasteiger partial charge in [0, 0.05) is 61.4 Å². The van der Waals surface area contributed by atoms with E-state index in [-0.39, 0.29) is 16.7 Å². The van der Waals surface area contributed by atoms with E-state index in [1.807, 2.05) is 12.1 Å². The van der Waals surface area contributed by atoms with E-state index >= 15 is 0 Å². The molecule has 7 nitrogen and oxygen atoms in total. The van der Waals surface area contributed by atoms with Crippen LogP contribution in [0, 0.1) is 17.0 Å². The maximum atomic E-state index is 10.9. The summed E-state index contributed by atoms with van der Waals surface area (Å²) < 4.78 is 4.55. The molecule has 0 amide bonds. The van der Waals surface area contributed by atoms with Crippen LogP contribution in [0.2, 0.25) is 0 Å². The minimum absolute atomic E-state index is 0.120. The van der Waals surface area contributed by atoms with E-state index in [4.69, 9.17) is 4.98 Å². The van der Waals surface area contributed by atoms with Gasteiger partial charge in [-0.25, -0.2) is 4.98 Å². The quantitative estimate of drug-likeness (QED) is 0.467. The SMILES string of the molecule is Cc1ccc(Cc2nsc(N3CCN(c4ccc([N+](=O)[O-])cc4)C(C)C3)n2)cc1. The number of nitro benzene ring substituents is 1. The third kappa shape index (κ3) is 4.37. The van der Waals surface area contributed by atoms with Gasteiger partial charge < -0.3 is 9.80 Å². The van der Waals surface area contributed by atoms with Crippen molar-refractivity contribution in [1.82, 2.24) is 9.36 Å². The van der Waals surface area contributed by atoms with Gasteiger partial charge in [-0.1, -0.05) is 29.8 Å². The molecule has 1 fully saturated rings. The number of nitro groups is 1. The predicted octanol–water partition coefficient (Wildman–Crippen LogP) is 4.06. The van der Waals surface area contributed by atoms with Gasteiger partial charge in [-0.3, -0.25) is 10.1 Å². The van der Waals surface area contributed by atoms with Crippen LogP contribution in [0.1, 0.15) is 23.9 Å². The van der Waals surface area contributed by atoms with Crippen LogP contribution in [0.4, 0.5) is 16.5 Å². The number of hydrogen-bond donors (Lipinski definition) is 0. The maximum Gasteiger partial charge on any atom is 0.269 e.